The van der Waals surface area contributed by atoms with Crippen LogP contribution in [0.2, 0.25) is 0 Å². The summed E-state index contributed by atoms with van der Waals surface area (Å²) in [6.45, 7) is 0.357. The lowest BCUT2D eigenvalue weighted by atomic mass is 10.1. The molecule has 2 atom stereocenters. The lowest BCUT2D eigenvalue weighted by Crippen LogP contribution is -2.33. The lowest BCUT2D eigenvalue weighted by Gasteiger charge is -2.05. The Hall–Kier alpha value is -3.05. The highest BCUT2D eigenvalue weighted by atomic mass is 16.4. The molecule has 0 aromatic rings. The van der Waals surface area contributed by atoms with Crippen molar-refractivity contribution in [3.63, 3.8) is 0 Å². The van der Waals surface area contributed by atoms with E-state index in [1.54, 1.807) is 0 Å². The molecule has 0 aromatic heterocycles. The molecule has 0 radical (unpaired) electrons. The van der Waals surface area contributed by atoms with Crippen molar-refractivity contribution in [3.05, 3.63) is 10.4 Å². The van der Waals surface area contributed by atoms with Gasteiger partial charge in [-0.2, -0.15) is 0 Å². The van der Waals surface area contributed by atoms with E-state index in [-0.39, 0.29) is 12.8 Å². The minimum Gasteiger partial charge on any atom is -0.481 e. The Morgan fingerprint density at radius 2 is 1.65 bits per heavy atom. The molecule has 0 unspecified atom stereocenters. The average molecular weight is 375 g/mol. The predicted molar refractivity (Wildman–Crippen MR) is 90.7 cm³/mol. The van der Waals surface area contributed by atoms with Crippen LogP contribution >= 0.6 is 0 Å². The number of azide groups is 1. The van der Waals surface area contributed by atoms with E-state index in [0.29, 0.717) is 32.2 Å². The third-order valence-corrected chi connectivity index (χ3v) is 2.94. The molecule has 0 rings (SSSR count). The second-order valence-electron chi connectivity index (χ2n) is 5.15. The van der Waals surface area contributed by atoms with Crippen LogP contribution in [0.15, 0.2) is 5.11 Å². The maximum atomic E-state index is 10.5. The monoisotopic (exact) mass is 375 g/mol. The van der Waals surface area contributed by atoms with Gasteiger partial charge >= 0.3 is 18.0 Å². The molecule has 0 saturated carbocycles. The van der Waals surface area contributed by atoms with Gasteiger partial charge in [-0.1, -0.05) is 11.5 Å². The first-order valence-electron chi connectivity index (χ1n) is 7.68. The van der Waals surface area contributed by atoms with E-state index in [1.165, 1.54) is 0 Å². The van der Waals surface area contributed by atoms with E-state index in [2.05, 4.69) is 15.3 Å². The van der Waals surface area contributed by atoms with Gasteiger partial charge in [-0.3, -0.25) is 14.4 Å². The highest BCUT2D eigenvalue weighted by Gasteiger charge is 2.14. The zero-order chi connectivity index (χ0) is 20.5. The Kier molecular flexibility index (Phi) is 15.0. The summed E-state index contributed by atoms with van der Waals surface area (Å²) in [6.07, 6.45) is 2.31. The average Bonchev–Trinajstić information content (AvgIpc) is 2.54. The zero-order valence-electron chi connectivity index (χ0n) is 14.2. The summed E-state index contributed by atoms with van der Waals surface area (Å²) in [6, 6.07) is -2.52. The number of hydrogen-bond donors (Lipinski definition) is 6. The number of nitrogens with two attached hydrogens (primary N) is 3. The lowest BCUT2D eigenvalue weighted by molar-refractivity contribution is -0.139. The first-order chi connectivity index (χ1) is 12.1. The van der Waals surface area contributed by atoms with Crippen molar-refractivity contribution in [1.82, 2.24) is 5.32 Å². The summed E-state index contributed by atoms with van der Waals surface area (Å²) < 4.78 is 0. The minimum absolute atomic E-state index is 0.225. The molecule has 0 aliphatic heterocycles. The summed E-state index contributed by atoms with van der Waals surface area (Å²) in [4.78, 5) is 43.5. The number of amides is 3. The largest absolute Gasteiger partial charge is 0.481 e. The molecule has 26 heavy (non-hydrogen) atoms. The SMILES string of the molecule is NC(=O)NCCC[C@H](N)C(=O)O.[N-]=[N+]=N[C@@H](CCCCC(N)=O)C(=O)O. The number of primary amides is 2. The van der Waals surface area contributed by atoms with Crippen molar-refractivity contribution < 1.29 is 29.4 Å². The van der Waals surface area contributed by atoms with Crippen LogP contribution in [0.25, 0.3) is 10.4 Å². The van der Waals surface area contributed by atoms with Crippen LogP contribution in [0.1, 0.15) is 38.5 Å². The van der Waals surface area contributed by atoms with Crippen molar-refractivity contribution in [3.8, 4) is 0 Å². The third kappa shape index (κ3) is 17.3. The number of carboxylic acid groups (broad SMARTS) is 2. The van der Waals surface area contributed by atoms with Gasteiger partial charge in [0.2, 0.25) is 5.91 Å². The van der Waals surface area contributed by atoms with Gasteiger partial charge in [-0.25, -0.2) is 4.79 Å². The number of nitrogens with zero attached hydrogens (tertiary/aromatic N) is 3. The summed E-state index contributed by atoms with van der Waals surface area (Å²) in [7, 11) is 0. The molecule has 13 heteroatoms. The van der Waals surface area contributed by atoms with Crippen molar-refractivity contribution in [2.75, 3.05) is 6.54 Å². The van der Waals surface area contributed by atoms with Crippen molar-refractivity contribution >= 4 is 23.9 Å². The van der Waals surface area contributed by atoms with Gasteiger partial charge in [0.15, 0.2) is 0 Å². The number of carbonyl (C=O) groups excluding carboxylic acids is 2. The van der Waals surface area contributed by atoms with Gasteiger partial charge < -0.3 is 32.7 Å². The Balaban J connectivity index is 0. The Morgan fingerprint density at radius 1 is 1.04 bits per heavy atom. The van der Waals surface area contributed by atoms with Crippen molar-refractivity contribution in [1.29, 1.82) is 0 Å². The first kappa shape index (κ1) is 25.2. The number of unbranched alkanes of at least 4 members (excludes halogenated alkanes) is 1. The summed E-state index contributed by atoms with van der Waals surface area (Å²) in [5, 5.41) is 22.3. The van der Waals surface area contributed by atoms with Crippen molar-refractivity contribution in [2.24, 2.45) is 22.3 Å². The number of aliphatic carboxylic acids is 2. The fraction of sp³-hybridized carbons (Fsp3) is 0.692. The van der Waals surface area contributed by atoms with Crippen LogP contribution in [0, 0.1) is 0 Å². The van der Waals surface area contributed by atoms with Crippen LogP contribution in [-0.2, 0) is 14.4 Å². The zero-order valence-corrected chi connectivity index (χ0v) is 14.2. The van der Waals surface area contributed by atoms with Crippen LogP contribution < -0.4 is 22.5 Å². The summed E-state index contributed by atoms with van der Waals surface area (Å²) >= 11 is 0. The van der Waals surface area contributed by atoms with Gasteiger partial charge in [0, 0.05) is 17.9 Å². The number of urea groups is 1. The number of carbonyl (C=O) groups is 4. The molecule has 0 saturated heterocycles. The van der Waals surface area contributed by atoms with Gasteiger partial charge in [0.1, 0.15) is 12.1 Å². The van der Waals surface area contributed by atoms with Crippen LogP contribution in [0.5, 0.6) is 0 Å². The van der Waals surface area contributed by atoms with E-state index in [0.717, 1.165) is 0 Å². The number of hydrogen-bond acceptors (Lipinski definition) is 6. The Morgan fingerprint density at radius 3 is 2.08 bits per heavy atom. The maximum Gasteiger partial charge on any atom is 0.320 e. The maximum absolute atomic E-state index is 10.5. The van der Waals surface area contributed by atoms with Gasteiger partial charge in [-0.05, 0) is 31.2 Å². The third-order valence-electron chi connectivity index (χ3n) is 2.94. The molecular weight excluding hydrogens is 350 g/mol. The Bertz CT molecular complexity index is 519. The molecule has 0 bridgehead atoms. The molecule has 0 heterocycles. The van der Waals surface area contributed by atoms with E-state index in [1.807, 2.05) is 0 Å². The van der Waals surface area contributed by atoms with E-state index < -0.39 is 36.0 Å². The summed E-state index contributed by atoms with van der Waals surface area (Å²) in [5.74, 6) is -2.60. The second kappa shape index (κ2) is 15.5. The molecule has 9 N–H and O–H groups in total. The molecule has 0 aromatic carbocycles. The molecule has 0 fully saturated rings. The molecule has 148 valence electrons. The molecular formula is C13H25N7O6. The number of rotatable bonds is 12. The molecule has 0 aliphatic rings. The van der Waals surface area contributed by atoms with Crippen LogP contribution in [0.4, 0.5) is 4.79 Å². The van der Waals surface area contributed by atoms with E-state index in [4.69, 9.17) is 32.9 Å². The number of carboxylic acids is 2. The van der Waals surface area contributed by atoms with Crippen molar-refractivity contribution in [2.45, 2.75) is 50.6 Å². The molecule has 13 nitrogen and oxygen atoms in total. The second-order valence-corrected chi connectivity index (χ2v) is 5.15. The predicted octanol–water partition coefficient (Wildman–Crippen LogP) is -0.358. The highest BCUT2D eigenvalue weighted by Crippen LogP contribution is 2.07. The molecule has 3 amide bonds. The van der Waals surface area contributed by atoms with E-state index >= 15 is 0 Å². The van der Waals surface area contributed by atoms with Crippen LogP contribution in [0.3, 0.4) is 0 Å². The first-order valence-corrected chi connectivity index (χ1v) is 7.68. The fourth-order valence-corrected chi connectivity index (χ4v) is 1.59. The highest BCUT2D eigenvalue weighted by molar-refractivity contribution is 5.74. The quantitative estimate of drug-likeness (QED) is 0.114. The minimum atomic E-state index is -1.15. The fourth-order valence-electron chi connectivity index (χ4n) is 1.59. The Labute approximate surface area is 149 Å². The van der Waals surface area contributed by atoms with Gasteiger partial charge in [0.05, 0.1) is 0 Å². The van der Waals surface area contributed by atoms with Gasteiger partial charge in [-0.15, -0.1) is 0 Å². The normalized spacial score (nSPS) is 11.7. The van der Waals surface area contributed by atoms with Gasteiger partial charge in [0.25, 0.3) is 0 Å². The van der Waals surface area contributed by atoms with E-state index in [9.17, 15) is 19.2 Å². The number of nitrogens with one attached hydrogen (secondary N) is 1. The topological polar surface area (TPSA) is 248 Å². The standard InChI is InChI=1S/C7H12N4O3.C6H13N3O3/c8-6(12)4-2-1-3-5(7(13)14)10-11-9;7-4(5(10)11)2-1-3-9-6(8)12/h5H,1-4H2,(H2,8,12)(H,13,14);4H,1-3,7H2,(H,10,11)(H3,8,9,12)/t5-;4-/m00/s1. The summed E-state index contributed by atoms with van der Waals surface area (Å²) in [5.41, 5.74) is 22.9. The molecule has 0 spiro atoms. The van der Waals surface area contributed by atoms with Crippen LogP contribution in [-0.4, -0.2) is 52.7 Å². The smallest absolute Gasteiger partial charge is 0.320 e. The molecule has 0 aliphatic carbocycles.